The van der Waals surface area contributed by atoms with E-state index < -0.39 is 17.8 Å². The van der Waals surface area contributed by atoms with Gasteiger partial charge in [-0.25, -0.2) is 4.39 Å². The van der Waals surface area contributed by atoms with Gasteiger partial charge in [0.2, 0.25) is 0 Å². The number of rotatable bonds is 5. The molecule has 0 heterocycles. The fourth-order valence-corrected chi connectivity index (χ4v) is 1.25. The Kier molecular flexibility index (Phi) is 3.44. The Labute approximate surface area is 82.7 Å². The van der Waals surface area contributed by atoms with Gasteiger partial charge >= 0.3 is 0 Å². The van der Waals surface area contributed by atoms with Gasteiger partial charge in [-0.05, 0) is 19.3 Å². The number of carbonyl (C=O) groups excluding carboxylic acids is 1. The highest BCUT2D eigenvalue weighted by Crippen LogP contribution is 2.21. The molecule has 1 aliphatic carbocycles. The number of carbonyl (C=O) groups is 1. The van der Waals surface area contributed by atoms with Crippen LogP contribution in [0, 0.1) is 0 Å². The lowest BCUT2D eigenvalue weighted by molar-refractivity contribution is -0.138. The number of alkyl halides is 1. The normalized spacial score (nSPS) is 22.6. The molecule has 2 atom stereocenters. The molecule has 1 fully saturated rings. The van der Waals surface area contributed by atoms with Gasteiger partial charge < -0.3 is 10.4 Å². The summed E-state index contributed by atoms with van der Waals surface area (Å²) < 4.78 is 13.5. The molecule has 4 nitrogen and oxygen atoms in total. The van der Waals surface area contributed by atoms with Crippen LogP contribution in [0.1, 0.15) is 32.6 Å². The van der Waals surface area contributed by atoms with Gasteiger partial charge in [0.15, 0.2) is 11.9 Å². The van der Waals surface area contributed by atoms with E-state index in [2.05, 4.69) is 5.32 Å². The van der Waals surface area contributed by atoms with E-state index in [0.717, 1.165) is 12.8 Å². The van der Waals surface area contributed by atoms with Crippen LogP contribution in [0.25, 0.3) is 0 Å². The SMILES string of the molecule is CCCC(N)(F)C(O)C(=O)NC1CC1. The summed E-state index contributed by atoms with van der Waals surface area (Å²) in [5, 5.41) is 11.9. The second-order valence-electron chi connectivity index (χ2n) is 3.86. The number of nitrogens with one attached hydrogen (secondary N) is 1. The minimum Gasteiger partial charge on any atom is -0.379 e. The van der Waals surface area contributed by atoms with Crippen LogP contribution in [0.5, 0.6) is 0 Å². The highest BCUT2D eigenvalue weighted by molar-refractivity contribution is 5.82. The summed E-state index contributed by atoms with van der Waals surface area (Å²) >= 11 is 0. The van der Waals surface area contributed by atoms with E-state index in [1.807, 2.05) is 0 Å². The molecule has 0 spiro atoms. The Hall–Kier alpha value is -0.680. The Morgan fingerprint density at radius 1 is 1.79 bits per heavy atom. The first kappa shape index (κ1) is 11.4. The summed E-state index contributed by atoms with van der Waals surface area (Å²) in [7, 11) is 0. The first-order valence-electron chi connectivity index (χ1n) is 4.93. The van der Waals surface area contributed by atoms with Crippen molar-refractivity contribution in [3.05, 3.63) is 0 Å². The van der Waals surface area contributed by atoms with Gasteiger partial charge in [-0.2, -0.15) is 0 Å². The molecule has 14 heavy (non-hydrogen) atoms. The van der Waals surface area contributed by atoms with E-state index in [-0.39, 0.29) is 12.5 Å². The highest BCUT2D eigenvalue weighted by atomic mass is 19.1. The Morgan fingerprint density at radius 3 is 2.79 bits per heavy atom. The molecule has 0 aromatic rings. The van der Waals surface area contributed by atoms with Crippen molar-refractivity contribution in [1.82, 2.24) is 5.32 Å². The van der Waals surface area contributed by atoms with Crippen LogP contribution < -0.4 is 11.1 Å². The average Bonchev–Trinajstić information content (AvgIpc) is 2.86. The number of nitrogens with two attached hydrogens (primary N) is 1. The molecule has 5 heteroatoms. The van der Waals surface area contributed by atoms with Crippen LogP contribution >= 0.6 is 0 Å². The van der Waals surface area contributed by atoms with E-state index in [1.54, 1.807) is 6.92 Å². The number of hydrogen-bond donors (Lipinski definition) is 3. The Balaban J connectivity index is 2.43. The summed E-state index contributed by atoms with van der Waals surface area (Å²) in [6.45, 7) is 1.74. The molecule has 4 N–H and O–H groups in total. The lowest BCUT2D eigenvalue weighted by atomic mass is 10.0. The van der Waals surface area contributed by atoms with E-state index in [1.165, 1.54) is 0 Å². The van der Waals surface area contributed by atoms with Crippen LogP contribution in [0.15, 0.2) is 0 Å². The maximum atomic E-state index is 13.5. The predicted octanol–water partition coefficient (Wildman–Crippen LogP) is 0.0505. The molecule has 0 aromatic heterocycles. The third-order valence-corrected chi connectivity index (χ3v) is 2.26. The molecule has 1 saturated carbocycles. The van der Waals surface area contributed by atoms with E-state index in [4.69, 9.17) is 5.73 Å². The van der Waals surface area contributed by atoms with Crippen molar-refractivity contribution in [3.63, 3.8) is 0 Å². The van der Waals surface area contributed by atoms with Crippen LogP contribution in [0.2, 0.25) is 0 Å². The second-order valence-corrected chi connectivity index (χ2v) is 3.86. The van der Waals surface area contributed by atoms with Gasteiger partial charge in [-0.15, -0.1) is 0 Å². The minimum atomic E-state index is -2.31. The largest absolute Gasteiger partial charge is 0.379 e. The van der Waals surface area contributed by atoms with Crippen molar-refractivity contribution in [2.24, 2.45) is 5.73 Å². The zero-order valence-electron chi connectivity index (χ0n) is 8.29. The first-order chi connectivity index (χ1) is 6.47. The fourth-order valence-electron chi connectivity index (χ4n) is 1.25. The van der Waals surface area contributed by atoms with Crippen molar-refractivity contribution in [3.8, 4) is 0 Å². The Morgan fingerprint density at radius 2 is 2.36 bits per heavy atom. The number of halogens is 1. The van der Waals surface area contributed by atoms with E-state index in [9.17, 15) is 14.3 Å². The van der Waals surface area contributed by atoms with Crippen LogP contribution in [0.4, 0.5) is 4.39 Å². The summed E-state index contributed by atoms with van der Waals surface area (Å²) in [6.07, 6.45) is 0.502. The van der Waals surface area contributed by atoms with Gasteiger partial charge in [0.25, 0.3) is 5.91 Å². The quantitative estimate of drug-likeness (QED) is 0.554. The number of aliphatic hydroxyl groups excluding tert-OH is 1. The van der Waals surface area contributed by atoms with Crippen molar-refractivity contribution in [2.75, 3.05) is 0 Å². The number of hydrogen-bond acceptors (Lipinski definition) is 3. The van der Waals surface area contributed by atoms with Crippen molar-refractivity contribution in [1.29, 1.82) is 0 Å². The van der Waals surface area contributed by atoms with Crippen molar-refractivity contribution in [2.45, 2.75) is 50.5 Å². The smallest absolute Gasteiger partial charge is 0.253 e. The molecule has 2 unspecified atom stereocenters. The molecule has 0 aliphatic heterocycles. The summed E-state index contributed by atoms with van der Waals surface area (Å²) in [5.41, 5.74) is 5.19. The number of aliphatic hydroxyl groups is 1. The zero-order valence-corrected chi connectivity index (χ0v) is 8.29. The third kappa shape index (κ3) is 2.92. The van der Waals surface area contributed by atoms with Crippen LogP contribution in [-0.2, 0) is 4.79 Å². The summed E-state index contributed by atoms with van der Waals surface area (Å²) in [4.78, 5) is 11.2. The summed E-state index contributed by atoms with van der Waals surface area (Å²) in [5.74, 6) is -3.01. The Bertz CT molecular complexity index is 217. The average molecular weight is 204 g/mol. The molecule has 0 aromatic carbocycles. The van der Waals surface area contributed by atoms with Crippen molar-refractivity contribution >= 4 is 5.91 Å². The molecule has 1 rings (SSSR count). The maximum absolute atomic E-state index is 13.5. The predicted molar refractivity (Wildman–Crippen MR) is 50.1 cm³/mol. The van der Waals surface area contributed by atoms with Crippen LogP contribution in [-0.4, -0.2) is 29.0 Å². The molecule has 82 valence electrons. The van der Waals surface area contributed by atoms with Gasteiger partial charge in [0, 0.05) is 6.04 Å². The second kappa shape index (κ2) is 4.23. The molecule has 0 radical (unpaired) electrons. The van der Waals surface area contributed by atoms with Gasteiger partial charge in [0.05, 0.1) is 0 Å². The lowest BCUT2D eigenvalue weighted by Crippen LogP contribution is -2.54. The molecule has 1 aliphatic rings. The summed E-state index contributed by atoms with van der Waals surface area (Å²) in [6, 6.07) is 0.106. The topological polar surface area (TPSA) is 75.3 Å². The van der Waals surface area contributed by atoms with Gasteiger partial charge in [-0.3, -0.25) is 10.5 Å². The first-order valence-corrected chi connectivity index (χ1v) is 4.93. The van der Waals surface area contributed by atoms with Crippen LogP contribution in [0.3, 0.4) is 0 Å². The van der Waals surface area contributed by atoms with Gasteiger partial charge in [0.1, 0.15) is 0 Å². The molecule has 1 amide bonds. The number of amides is 1. The fraction of sp³-hybridized carbons (Fsp3) is 0.889. The standard InChI is InChI=1S/C9H17FN2O2/c1-2-5-9(10,11)7(13)8(14)12-6-3-4-6/h6-7,13H,2-5,11H2,1H3,(H,12,14). The van der Waals surface area contributed by atoms with Gasteiger partial charge in [-0.1, -0.05) is 13.3 Å². The van der Waals surface area contributed by atoms with E-state index in [0.29, 0.717) is 6.42 Å². The third-order valence-electron chi connectivity index (χ3n) is 2.26. The zero-order chi connectivity index (χ0) is 10.8. The highest BCUT2D eigenvalue weighted by Gasteiger charge is 2.39. The molecular formula is C9H17FN2O2. The molecule has 0 saturated heterocycles. The maximum Gasteiger partial charge on any atom is 0.253 e. The minimum absolute atomic E-state index is 0.0216. The molecular weight excluding hydrogens is 187 g/mol. The van der Waals surface area contributed by atoms with E-state index >= 15 is 0 Å². The monoisotopic (exact) mass is 204 g/mol. The molecule has 0 bridgehead atoms. The lowest BCUT2D eigenvalue weighted by Gasteiger charge is -2.24. The van der Waals surface area contributed by atoms with Crippen molar-refractivity contribution < 1.29 is 14.3 Å².